The Balaban J connectivity index is 1.62. The molecule has 186 valence electrons. The van der Waals surface area contributed by atoms with Crippen LogP contribution < -0.4 is 5.84 Å². The zero-order valence-electron chi connectivity index (χ0n) is 20.5. The lowest BCUT2D eigenvalue weighted by atomic mass is 9.90. The number of nitrogens with two attached hydrogens (primary N) is 1. The molecule has 0 radical (unpaired) electrons. The highest BCUT2D eigenvalue weighted by Gasteiger charge is 2.54. The van der Waals surface area contributed by atoms with Gasteiger partial charge in [-0.15, -0.1) is 0 Å². The number of unbranched alkanes of at least 4 members (excludes halogenated alkanes) is 1. The van der Waals surface area contributed by atoms with Gasteiger partial charge in [0.25, 0.3) is 5.91 Å². The number of fused-ring (bicyclic) bond motifs is 1. The maximum absolute atomic E-state index is 13.8. The van der Waals surface area contributed by atoms with E-state index in [2.05, 4.69) is 5.10 Å². The molecule has 8 heteroatoms. The number of ether oxygens (including phenoxy) is 1. The van der Waals surface area contributed by atoms with Crippen molar-refractivity contribution >= 4 is 34.9 Å². The fourth-order valence-electron chi connectivity index (χ4n) is 4.71. The van der Waals surface area contributed by atoms with E-state index in [4.69, 9.17) is 10.6 Å². The van der Waals surface area contributed by atoms with Crippen LogP contribution in [0.4, 0.5) is 4.79 Å². The van der Waals surface area contributed by atoms with Crippen LogP contribution in [-0.2, 0) is 26.4 Å². The molecule has 1 unspecified atom stereocenters. The molecular weight excluding hydrogens is 456 g/mol. The van der Waals surface area contributed by atoms with E-state index in [1.165, 1.54) is 12.0 Å². The Hall–Kier alpha value is -4.20. The number of carbonyl (C=O) groups is 3. The number of hydrogen-bond acceptors (Lipinski definition) is 6. The van der Waals surface area contributed by atoms with Crippen LogP contribution in [0.25, 0.3) is 10.8 Å². The van der Waals surface area contributed by atoms with Crippen molar-refractivity contribution in [1.82, 2.24) is 9.80 Å². The van der Waals surface area contributed by atoms with E-state index in [1.54, 1.807) is 18.0 Å². The van der Waals surface area contributed by atoms with Gasteiger partial charge >= 0.3 is 12.0 Å². The minimum absolute atomic E-state index is 0.157. The first-order valence-electron chi connectivity index (χ1n) is 11.9. The molecule has 2 N–H and O–H groups in total. The van der Waals surface area contributed by atoms with Crippen molar-refractivity contribution in [2.45, 2.75) is 38.3 Å². The van der Waals surface area contributed by atoms with Crippen molar-refractivity contribution in [2.24, 2.45) is 10.9 Å². The second kappa shape index (κ2) is 10.6. The van der Waals surface area contributed by atoms with Gasteiger partial charge in [0, 0.05) is 13.0 Å². The van der Waals surface area contributed by atoms with Gasteiger partial charge in [-0.3, -0.25) is 14.5 Å². The van der Waals surface area contributed by atoms with Crippen LogP contribution in [0.5, 0.6) is 0 Å². The molecule has 36 heavy (non-hydrogen) atoms. The van der Waals surface area contributed by atoms with Crippen LogP contribution in [-0.4, -0.2) is 47.6 Å². The van der Waals surface area contributed by atoms with E-state index < -0.39 is 5.54 Å². The third-order valence-electron chi connectivity index (χ3n) is 6.73. The second-order valence-corrected chi connectivity index (χ2v) is 9.02. The quantitative estimate of drug-likeness (QED) is 0.122. The monoisotopic (exact) mass is 486 g/mol. The zero-order valence-corrected chi connectivity index (χ0v) is 20.5. The summed E-state index contributed by atoms with van der Waals surface area (Å²) < 4.78 is 4.71. The lowest BCUT2D eigenvalue weighted by molar-refractivity contribution is -0.140. The standard InChI is InChI=1S/C28H30N4O4/c1-28(24-8-4-3-5-9-24)26(34)31(27(35)32(28)15-7-6-10-25(33)36-2)19-21-12-14-22-13-11-20(18-30-29)16-23(22)17-21/h3-5,8-9,11-14,16-18H,6-7,10,15,19,29H2,1-2H3. The van der Waals surface area contributed by atoms with Gasteiger partial charge in [0.2, 0.25) is 0 Å². The van der Waals surface area contributed by atoms with Gasteiger partial charge in [-0.1, -0.05) is 54.6 Å². The minimum atomic E-state index is -1.13. The van der Waals surface area contributed by atoms with Gasteiger partial charge in [0.05, 0.1) is 19.9 Å². The van der Waals surface area contributed by atoms with Crippen LogP contribution in [0, 0.1) is 0 Å². The fraction of sp³-hybridized carbons (Fsp3) is 0.286. The van der Waals surface area contributed by atoms with Crippen molar-refractivity contribution in [3.63, 3.8) is 0 Å². The molecule has 1 aliphatic heterocycles. The summed E-state index contributed by atoms with van der Waals surface area (Å²) in [5, 5.41) is 5.59. The number of esters is 1. The molecule has 8 nitrogen and oxygen atoms in total. The van der Waals surface area contributed by atoms with E-state index in [1.807, 2.05) is 66.7 Å². The summed E-state index contributed by atoms with van der Waals surface area (Å²) in [4.78, 5) is 41.8. The molecule has 0 aliphatic carbocycles. The Morgan fingerprint density at radius 1 is 1.03 bits per heavy atom. The third-order valence-corrected chi connectivity index (χ3v) is 6.73. The zero-order chi connectivity index (χ0) is 25.7. The number of urea groups is 1. The normalized spacial score (nSPS) is 17.9. The first kappa shape index (κ1) is 24.9. The predicted molar refractivity (Wildman–Crippen MR) is 138 cm³/mol. The minimum Gasteiger partial charge on any atom is -0.469 e. The smallest absolute Gasteiger partial charge is 0.328 e. The maximum Gasteiger partial charge on any atom is 0.328 e. The molecule has 1 saturated heterocycles. The van der Waals surface area contributed by atoms with Gasteiger partial charge in [-0.25, -0.2) is 4.79 Å². The molecule has 1 atom stereocenters. The predicted octanol–water partition coefficient (Wildman–Crippen LogP) is 4.16. The molecule has 0 aromatic heterocycles. The Kier molecular flexibility index (Phi) is 7.33. The molecule has 1 aliphatic rings. The van der Waals surface area contributed by atoms with Crippen LogP contribution in [0.3, 0.4) is 0 Å². The Morgan fingerprint density at radius 2 is 1.78 bits per heavy atom. The Bertz CT molecular complexity index is 1310. The maximum atomic E-state index is 13.8. The summed E-state index contributed by atoms with van der Waals surface area (Å²) in [5.41, 5.74) is 1.33. The molecule has 4 rings (SSSR count). The van der Waals surface area contributed by atoms with E-state index in [0.29, 0.717) is 19.4 Å². The number of imide groups is 1. The van der Waals surface area contributed by atoms with Gasteiger partial charge in [0.15, 0.2) is 0 Å². The topological polar surface area (TPSA) is 105 Å². The molecule has 1 heterocycles. The molecule has 1 fully saturated rings. The van der Waals surface area contributed by atoms with E-state index in [9.17, 15) is 14.4 Å². The van der Waals surface area contributed by atoms with Gasteiger partial charge < -0.3 is 15.5 Å². The highest BCUT2D eigenvalue weighted by atomic mass is 16.5. The van der Waals surface area contributed by atoms with E-state index in [-0.39, 0.29) is 30.9 Å². The number of amides is 3. The highest BCUT2D eigenvalue weighted by molar-refractivity contribution is 6.07. The van der Waals surface area contributed by atoms with Crippen molar-refractivity contribution in [2.75, 3.05) is 13.7 Å². The SMILES string of the molecule is COC(=O)CCCCN1C(=O)N(Cc2ccc3ccc(C=NN)cc3c2)C(=O)C1(C)c1ccccc1. The molecular formula is C28H30N4O4. The summed E-state index contributed by atoms with van der Waals surface area (Å²) in [5.74, 6) is 4.73. The lowest BCUT2D eigenvalue weighted by Gasteiger charge is -2.32. The summed E-state index contributed by atoms with van der Waals surface area (Å²) in [6.45, 7) is 2.30. The van der Waals surface area contributed by atoms with Gasteiger partial charge in [-0.05, 0) is 59.4 Å². The molecule has 0 spiro atoms. The van der Waals surface area contributed by atoms with Crippen molar-refractivity contribution in [1.29, 1.82) is 0 Å². The first-order chi connectivity index (χ1) is 17.4. The molecule has 0 bridgehead atoms. The lowest BCUT2D eigenvalue weighted by Crippen LogP contribution is -2.44. The molecule has 3 amide bonds. The first-order valence-corrected chi connectivity index (χ1v) is 11.9. The fourth-order valence-corrected chi connectivity index (χ4v) is 4.71. The number of methoxy groups -OCH3 is 1. The second-order valence-electron chi connectivity index (χ2n) is 9.02. The molecule has 0 saturated carbocycles. The van der Waals surface area contributed by atoms with Crippen LogP contribution in [0.15, 0.2) is 71.8 Å². The van der Waals surface area contributed by atoms with Gasteiger partial charge in [0.1, 0.15) is 5.54 Å². The van der Waals surface area contributed by atoms with Crippen molar-refractivity contribution < 1.29 is 19.1 Å². The summed E-state index contributed by atoms with van der Waals surface area (Å²) in [7, 11) is 1.36. The average Bonchev–Trinajstić information content (AvgIpc) is 3.08. The van der Waals surface area contributed by atoms with Gasteiger partial charge in [-0.2, -0.15) is 5.10 Å². The summed E-state index contributed by atoms with van der Waals surface area (Å²) >= 11 is 0. The van der Waals surface area contributed by atoms with Crippen molar-refractivity contribution in [3.05, 3.63) is 83.4 Å². The van der Waals surface area contributed by atoms with Crippen LogP contribution >= 0.6 is 0 Å². The number of carbonyl (C=O) groups excluding carboxylic acids is 3. The Morgan fingerprint density at radius 3 is 2.50 bits per heavy atom. The molecule has 3 aromatic rings. The van der Waals surface area contributed by atoms with Crippen molar-refractivity contribution in [3.8, 4) is 0 Å². The highest BCUT2D eigenvalue weighted by Crippen LogP contribution is 2.38. The van der Waals surface area contributed by atoms with Crippen LogP contribution in [0.1, 0.15) is 42.9 Å². The van der Waals surface area contributed by atoms with Crippen LogP contribution in [0.2, 0.25) is 0 Å². The number of benzene rings is 3. The number of nitrogens with zero attached hydrogens (tertiary/aromatic N) is 3. The summed E-state index contributed by atoms with van der Waals surface area (Å²) in [6.07, 6.45) is 2.98. The number of hydrazone groups is 1. The largest absolute Gasteiger partial charge is 0.469 e. The summed E-state index contributed by atoms with van der Waals surface area (Å²) in [6, 6.07) is 20.7. The Labute approximate surface area is 210 Å². The number of hydrogen-bond donors (Lipinski definition) is 1. The van der Waals surface area contributed by atoms with E-state index in [0.717, 1.165) is 27.5 Å². The third kappa shape index (κ3) is 4.79. The van der Waals surface area contributed by atoms with E-state index >= 15 is 0 Å². The number of rotatable bonds is 9. The average molecular weight is 487 g/mol. The molecule has 3 aromatic carbocycles.